The summed E-state index contributed by atoms with van der Waals surface area (Å²) in [5.41, 5.74) is 5.11. The van der Waals surface area contributed by atoms with Crippen LogP contribution in [0.1, 0.15) is 15.9 Å². The third kappa shape index (κ3) is 4.39. The molecule has 2 heterocycles. The molecule has 0 atom stereocenters. The molecule has 140 valence electrons. The number of carbonyl (C=O) groups is 1. The van der Waals surface area contributed by atoms with E-state index in [2.05, 4.69) is 21.1 Å². The minimum absolute atomic E-state index is 0.358. The van der Waals surface area contributed by atoms with Crippen LogP contribution in [0, 0.1) is 6.92 Å². The molecule has 0 spiro atoms. The number of anilines is 4. The summed E-state index contributed by atoms with van der Waals surface area (Å²) in [5.74, 6) is 1.18. The third-order valence-electron chi connectivity index (χ3n) is 3.89. The predicted molar refractivity (Wildman–Crippen MR) is 107 cm³/mol. The Morgan fingerprint density at radius 3 is 2.67 bits per heavy atom. The van der Waals surface area contributed by atoms with Crippen molar-refractivity contribution in [2.24, 2.45) is 7.05 Å². The largest absolute Gasteiger partial charge is 0.353 e. The molecule has 2 aromatic heterocycles. The van der Waals surface area contributed by atoms with Gasteiger partial charge in [0, 0.05) is 19.3 Å². The van der Waals surface area contributed by atoms with E-state index in [0.29, 0.717) is 27.8 Å². The maximum Gasteiger partial charge on any atom is 0.276 e. The number of amides is 1. The molecular formula is C19H20ClN5O2. The molecule has 3 N–H and O–H groups in total. The molecule has 0 radical (unpaired) electrons. The number of hydrogen-bond acceptors (Lipinski definition) is 5. The summed E-state index contributed by atoms with van der Waals surface area (Å²) >= 11 is 6.29. The van der Waals surface area contributed by atoms with Crippen LogP contribution in [0.2, 0.25) is 5.02 Å². The van der Waals surface area contributed by atoms with Gasteiger partial charge in [0.2, 0.25) is 0 Å². The molecule has 0 saturated carbocycles. The number of hydroxylamine groups is 1. The normalized spacial score (nSPS) is 10.5. The van der Waals surface area contributed by atoms with E-state index in [1.807, 2.05) is 36.9 Å². The van der Waals surface area contributed by atoms with Crippen LogP contribution in [0.4, 0.5) is 23.0 Å². The fourth-order valence-electron chi connectivity index (χ4n) is 2.67. The number of rotatable bonds is 6. The Balaban J connectivity index is 1.88. The molecule has 3 aromatic rings. The molecule has 0 bridgehead atoms. The number of para-hydroxylation sites is 1. The zero-order valence-electron chi connectivity index (χ0n) is 15.2. The molecule has 8 heteroatoms. The smallest absolute Gasteiger partial charge is 0.276 e. The van der Waals surface area contributed by atoms with Crippen LogP contribution < -0.4 is 16.1 Å². The van der Waals surface area contributed by atoms with E-state index in [-0.39, 0.29) is 5.91 Å². The number of nitrogens with zero attached hydrogens (tertiary/aromatic N) is 2. The predicted octanol–water partition coefficient (Wildman–Crippen LogP) is 4.16. The van der Waals surface area contributed by atoms with Crippen molar-refractivity contribution in [3.05, 3.63) is 64.9 Å². The van der Waals surface area contributed by atoms with Gasteiger partial charge in [-0.25, -0.2) is 10.5 Å². The number of benzene rings is 1. The van der Waals surface area contributed by atoms with Gasteiger partial charge in [0.1, 0.15) is 11.6 Å². The third-order valence-corrected chi connectivity index (χ3v) is 4.19. The monoisotopic (exact) mass is 385 g/mol. The summed E-state index contributed by atoms with van der Waals surface area (Å²) in [6, 6.07) is 10.9. The first-order chi connectivity index (χ1) is 13.0. The van der Waals surface area contributed by atoms with Crippen molar-refractivity contribution in [3.63, 3.8) is 0 Å². The fraction of sp³-hybridized carbons (Fsp3) is 0.158. The molecule has 27 heavy (non-hydrogen) atoms. The highest BCUT2D eigenvalue weighted by atomic mass is 35.5. The summed E-state index contributed by atoms with van der Waals surface area (Å²) in [4.78, 5) is 21.2. The van der Waals surface area contributed by atoms with Crippen molar-refractivity contribution < 1.29 is 9.63 Å². The second-order valence-corrected chi connectivity index (χ2v) is 6.40. The highest BCUT2D eigenvalue weighted by Crippen LogP contribution is 2.29. The number of aryl methyl sites for hydroxylation is 2. The molecule has 7 nitrogen and oxygen atoms in total. The van der Waals surface area contributed by atoms with Crippen molar-refractivity contribution in [2.45, 2.75) is 6.92 Å². The lowest BCUT2D eigenvalue weighted by atomic mass is 10.1. The van der Waals surface area contributed by atoms with Crippen molar-refractivity contribution in [1.82, 2.24) is 15.0 Å². The second kappa shape index (κ2) is 8.11. The van der Waals surface area contributed by atoms with E-state index in [4.69, 9.17) is 16.4 Å². The number of halogens is 1. The molecule has 0 fully saturated rings. The number of nitrogens with one attached hydrogen (secondary N) is 3. The maximum absolute atomic E-state index is 12.2. The molecule has 1 aromatic carbocycles. The van der Waals surface area contributed by atoms with Gasteiger partial charge in [0.15, 0.2) is 0 Å². The molecule has 0 saturated heterocycles. The van der Waals surface area contributed by atoms with Crippen molar-refractivity contribution >= 4 is 40.5 Å². The summed E-state index contributed by atoms with van der Waals surface area (Å²) in [5, 5.41) is 6.88. The number of hydrogen-bond donors (Lipinski definition) is 3. The van der Waals surface area contributed by atoms with Gasteiger partial charge in [-0.15, -0.1) is 0 Å². The summed E-state index contributed by atoms with van der Waals surface area (Å²) in [6.45, 7) is 2.02. The van der Waals surface area contributed by atoms with E-state index in [0.717, 1.165) is 11.4 Å². The van der Waals surface area contributed by atoms with Gasteiger partial charge < -0.3 is 15.2 Å². The first-order valence-electron chi connectivity index (χ1n) is 8.23. The average Bonchev–Trinajstić information content (AvgIpc) is 2.95. The lowest BCUT2D eigenvalue weighted by Gasteiger charge is -2.14. The fourth-order valence-corrected chi connectivity index (χ4v) is 2.82. The van der Waals surface area contributed by atoms with Gasteiger partial charge in [0.05, 0.1) is 35.3 Å². The first kappa shape index (κ1) is 18.8. The Morgan fingerprint density at radius 2 is 1.96 bits per heavy atom. The zero-order chi connectivity index (χ0) is 19.4. The van der Waals surface area contributed by atoms with Crippen LogP contribution in [0.15, 0.2) is 48.8 Å². The van der Waals surface area contributed by atoms with E-state index in [1.165, 1.54) is 7.11 Å². The Labute approximate surface area is 162 Å². The highest BCUT2D eigenvalue weighted by Gasteiger charge is 2.13. The van der Waals surface area contributed by atoms with Gasteiger partial charge in [-0.2, -0.15) is 0 Å². The van der Waals surface area contributed by atoms with Crippen LogP contribution in [0.3, 0.4) is 0 Å². The summed E-state index contributed by atoms with van der Waals surface area (Å²) in [6.07, 6.45) is 3.57. The lowest BCUT2D eigenvalue weighted by Crippen LogP contribution is -2.22. The summed E-state index contributed by atoms with van der Waals surface area (Å²) in [7, 11) is 3.34. The van der Waals surface area contributed by atoms with E-state index in [1.54, 1.807) is 30.5 Å². The number of aromatic nitrogens is 2. The Morgan fingerprint density at radius 1 is 1.19 bits per heavy atom. The zero-order valence-corrected chi connectivity index (χ0v) is 16.0. The van der Waals surface area contributed by atoms with Crippen LogP contribution in [0.25, 0.3) is 0 Å². The van der Waals surface area contributed by atoms with Crippen molar-refractivity contribution in [2.75, 3.05) is 17.7 Å². The molecule has 3 rings (SSSR count). The molecule has 0 aliphatic carbocycles. The summed E-state index contributed by atoms with van der Waals surface area (Å²) < 4.78 is 1.98. The van der Waals surface area contributed by atoms with Gasteiger partial charge in [-0.3, -0.25) is 9.63 Å². The Kier molecular flexibility index (Phi) is 5.63. The highest BCUT2D eigenvalue weighted by molar-refractivity contribution is 6.33. The Hall–Kier alpha value is -3.03. The van der Waals surface area contributed by atoms with E-state index in [9.17, 15) is 4.79 Å². The lowest BCUT2D eigenvalue weighted by molar-refractivity contribution is 0.0538. The van der Waals surface area contributed by atoms with Crippen LogP contribution in [-0.4, -0.2) is 22.6 Å². The molecular weight excluding hydrogens is 366 g/mol. The average molecular weight is 386 g/mol. The SMILES string of the molecule is CONC(=O)c1ccccc1Nc1cc(Nc2cc(C)cn2C)ncc1Cl. The van der Waals surface area contributed by atoms with Crippen molar-refractivity contribution in [1.29, 1.82) is 0 Å². The first-order valence-corrected chi connectivity index (χ1v) is 8.60. The van der Waals surface area contributed by atoms with Gasteiger partial charge in [-0.1, -0.05) is 23.7 Å². The number of carbonyl (C=O) groups excluding carboxylic acids is 1. The topological polar surface area (TPSA) is 80.2 Å². The Bertz CT molecular complexity index is 970. The molecule has 0 aliphatic rings. The number of pyridine rings is 1. The van der Waals surface area contributed by atoms with Gasteiger partial charge in [0.25, 0.3) is 5.91 Å². The van der Waals surface area contributed by atoms with Crippen LogP contribution in [0.5, 0.6) is 0 Å². The minimum Gasteiger partial charge on any atom is -0.353 e. The minimum atomic E-state index is -0.358. The van der Waals surface area contributed by atoms with Gasteiger partial charge >= 0.3 is 0 Å². The van der Waals surface area contributed by atoms with Crippen LogP contribution >= 0.6 is 11.6 Å². The quantitative estimate of drug-likeness (QED) is 0.555. The second-order valence-electron chi connectivity index (χ2n) is 5.99. The van der Waals surface area contributed by atoms with E-state index < -0.39 is 0 Å². The van der Waals surface area contributed by atoms with Gasteiger partial charge in [-0.05, 0) is 30.7 Å². The molecule has 0 aliphatic heterocycles. The van der Waals surface area contributed by atoms with Crippen molar-refractivity contribution in [3.8, 4) is 0 Å². The molecule has 1 amide bonds. The standard InChI is InChI=1S/C19H20ClN5O2/c1-12-8-18(25(2)11-12)23-17-9-16(14(20)10-21-17)22-15-7-5-4-6-13(15)19(26)24-27-3/h4-11H,1-3H3,(H,24,26)(H2,21,22,23). The molecule has 0 unspecified atom stereocenters. The maximum atomic E-state index is 12.2. The van der Waals surface area contributed by atoms with Crippen LogP contribution in [-0.2, 0) is 11.9 Å². The van der Waals surface area contributed by atoms with E-state index >= 15 is 0 Å².